The number of pyridine rings is 1. The molecule has 1 atom stereocenters. The number of ether oxygens (including phenoxy) is 1. The lowest BCUT2D eigenvalue weighted by Gasteiger charge is -2.28. The van der Waals surface area contributed by atoms with E-state index in [-0.39, 0.29) is 11.5 Å². The highest BCUT2D eigenvalue weighted by molar-refractivity contribution is 6.29. The quantitative estimate of drug-likeness (QED) is 0.455. The fourth-order valence-corrected chi connectivity index (χ4v) is 2.21. The van der Waals surface area contributed by atoms with Crippen LogP contribution in [0, 0.1) is 5.41 Å². The summed E-state index contributed by atoms with van der Waals surface area (Å²) in [5.41, 5.74) is 1.20. The molecule has 0 aromatic carbocycles. The van der Waals surface area contributed by atoms with Gasteiger partial charge in [-0.15, -0.1) is 0 Å². The number of nitrogens with zero attached hydrogens (tertiary/aromatic N) is 2. The second-order valence-electron chi connectivity index (χ2n) is 6.48. The van der Waals surface area contributed by atoms with Gasteiger partial charge in [0.1, 0.15) is 5.15 Å². The van der Waals surface area contributed by atoms with Crippen LogP contribution in [-0.4, -0.2) is 43.8 Å². The molecule has 130 valence electrons. The van der Waals surface area contributed by atoms with Crippen LogP contribution in [0.2, 0.25) is 5.15 Å². The molecule has 0 saturated carbocycles. The van der Waals surface area contributed by atoms with Crippen LogP contribution in [0.1, 0.15) is 33.3 Å². The molecule has 1 heterocycles. The van der Waals surface area contributed by atoms with Gasteiger partial charge in [-0.05, 0) is 30.4 Å². The summed E-state index contributed by atoms with van der Waals surface area (Å²) in [6, 6.07) is 3.80. The Morgan fingerprint density at radius 1 is 1.35 bits per heavy atom. The van der Waals surface area contributed by atoms with E-state index < -0.39 is 0 Å². The van der Waals surface area contributed by atoms with Gasteiger partial charge in [0, 0.05) is 26.4 Å². The summed E-state index contributed by atoms with van der Waals surface area (Å²) in [6.45, 7) is 10.7. The molecule has 0 radical (unpaired) electrons. The second-order valence-corrected chi connectivity index (χ2v) is 6.86. The van der Waals surface area contributed by atoms with Crippen LogP contribution in [0.15, 0.2) is 23.3 Å². The number of nitrogens with one attached hydrogen (secondary N) is 2. The molecule has 1 aromatic rings. The van der Waals surface area contributed by atoms with Crippen molar-refractivity contribution >= 4 is 17.6 Å². The molecule has 0 aliphatic carbocycles. The molecule has 0 fully saturated rings. The van der Waals surface area contributed by atoms with Gasteiger partial charge in [0.15, 0.2) is 5.96 Å². The van der Waals surface area contributed by atoms with E-state index in [1.807, 2.05) is 12.1 Å². The number of halogens is 1. The van der Waals surface area contributed by atoms with Crippen LogP contribution in [0.5, 0.6) is 0 Å². The van der Waals surface area contributed by atoms with Crippen LogP contribution in [0.4, 0.5) is 0 Å². The van der Waals surface area contributed by atoms with Crippen LogP contribution in [0.3, 0.4) is 0 Å². The van der Waals surface area contributed by atoms with E-state index in [4.69, 9.17) is 16.3 Å². The van der Waals surface area contributed by atoms with Gasteiger partial charge in [0.25, 0.3) is 0 Å². The molecule has 0 amide bonds. The van der Waals surface area contributed by atoms with Gasteiger partial charge < -0.3 is 15.4 Å². The fraction of sp³-hybridized carbons (Fsp3) is 0.647. The molecule has 0 spiro atoms. The molecular formula is C17H29ClN4O. The van der Waals surface area contributed by atoms with Crippen molar-refractivity contribution in [2.45, 2.75) is 40.2 Å². The van der Waals surface area contributed by atoms with Gasteiger partial charge in [-0.3, -0.25) is 4.99 Å². The van der Waals surface area contributed by atoms with Crippen molar-refractivity contribution in [2.24, 2.45) is 10.4 Å². The lowest BCUT2D eigenvalue weighted by molar-refractivity contribution is 0.0241. The Bertz CT molecular complexity index is 482. The highest BCUT2D eigenvalue weighted by Gasteiger charge is 2.23. The third-order valence-corrected chi connectivity index (χ3v) is 3.73. The number of hydrogen-bond donors (Lipinski definition) is 2. The molecule has 0 saturated heterocycles. The maximum Gasteiger partial charge on any atom is 0.191 e. The van der Waals surface area contributed by atoms with Crippen molar-refractivity contribution in [1.82, 2.24) is 15.6 Å². The van der Waals surface area contributed by atoms with Crippen molar-refractivity contribution in [1.29, 1.82) is 0 Å². The normalized spacial score (nSPS) is 13.7. The smallest absolute Gasteiger partial charge is 0.191 e. The van der Waals surface area contributed by atoms with E-state index in [1.54, 1.807) is 13.3 Å². The molecule has 1 rings (SSSR count). The van der Waals surface area contributed by atoms with Gasteiger partial charge in [0.05, 0.1) is 12.6 Å². The number of guanidine groups is 1. The molecule has 1 unspecified atom stereocenters. The molecule has 0 aliphatic rings. The van der Waals surface area contributed by atoms with Crippen LogP contribution < -0.4 is 10.6 Å². The molecule has 1 aromatic heterocycles. The highest BCUT2D eigenvalue weighted by atomic mass is 35.5. The summed E-state index contributed by atoms with van der Waals surface area (Å²) < 4.78 is 5.54. The number of methoxy groups -OCH3 is 1. The topological polar surface area (TPSA) is 58.5 Å². The number of hydrogen-bond acceptors (Lipinski definition) is 3. The minimum atomic E-state index is 0.0601. The summed E-state index contributed by atoms with van der Waals surface area (Å²) >= 11 is 5.79. The predicted octanol–water partition coefficient (Wildman–Crippen LogP) is 2.89. The monoisotopic (exact) mass is 340 g/mol. The van der Waals surface area contributed by atoms with Crippen molar-refractivity contribution < 1.29 is 4.74 Å². The molecule has 6 heteroatoms. The Hall–Kier alpha value is -1.33. The Morgan fingerprint density at radius 2 is 2.09 bits per heavy atom. The van der Waals surface area contributed by atoms with E-state index in [2.05, 4.69) is 48.3 Å². The molecule has 0 bridgehead atoms. The Kier molecular flexibility index (Phi) is 8.34. The first-order valence-corrected chi connectivity index (χ1v) is 8.40. The molecule has 0 aliphatic heterocycles. The Balaban J connectivity index is 2.53. The largest absolute Gasteiger partial charge is 0.379 e. The molecular weight excluding hydrogens is 312 g/mol. The number of aromatic nitrogens is 1. The zero-order valence-corrected chi connectivity index (χ0v) is 15.6. The van der Waals surface area contributed by atoms with Crippen molar-refractivity contribution in [3.8, 4) is 0 Å². The average Bonchev–Trinajstić information content (AvgIpc) is 2.48. The summed E-state index contributed by atoms with van der Waals surface area (Å²) in [4.78, 5) is 8.72. The van der Waals surface area contributed by atoms with E-state index in [9.17, 15) is 0 Å². The summed E-state index contributed by atoms with van der Waals surface area (Å²) in [6.07, 6.45) is 2.74. The van der Waals surface area contributed by atoms with Gasteiger partial charge in [0.2, 0.25) is 0 Å². The van der Waals surface area contributed by atoms with Crippen LogP contribution >= 0.6 is 11.6 Å². The number of aliphatic imine (C=N–C) groups is 1. The van der Waals surface area contributed by atoms with Crippen LogP contribution in [-0.2, 0) is 11.2 Å². The van der Waals surface area contributed by atoms with Crippen LogP contribution in [0.25, 0.3) is 0 Å². The summed E-state index contributed by atoms with van der Waals surface area (Å²) in [5, 5.41) is 7.11. The van der Waals surface area contributed by atoms with E-state index in [0.717, 1.165) is 31.0 Å². The van der Waals surface area contributed by atoms with Crippen molar-refractivity contribution in [2.75, 3.05) is 26.7 Å². The summed E-state index contributed by atoms with van der Waals surface area (Å²) in [5.74, 6) is 0.806. The molecule has 5 nitrogen and oxygen atoms in total. The fourth-order valence-electron chi connectivity index (χ4n) is 2.10. The first kappa shape index (κ1) is 19.7. The van der Waals surface area contributed by atoms with Crippen molar-refractivity contribution in [3.63, 3.8) is 0 Å². The maximum absolute atomic E-state index is 5.79. The number of rotatable bonds is 7. The highest BCUT2D eigenvalue weighted by Crippen LogP contribution is 2.21. The summed E-state index contributed by atoms with van der Waals surface area (Å²) in [7, 11) is 1.74. The Labute approximate surface area is 144 Å². The van der Waals surface area contributed by atoms with Gasteiger partial charge >= 0.3 is 0 Å². The lowest BCUT2D eigenvalue weighted by atomic mass is 9.89. The van der Waals surface area contributed by atoms with Gasteiger partial charge in [-0.25, -0.2) is 4.98 Å². The Morgan fingerprint density at radius 3 is 2.61 bits per heavy atom. The van der Waals surface area contributed by atoms with E-state index >= 15 is 0 Å². The lowest BCUT2D eigenvalue weighted by Crippen LogP contribution is -2.40. The third-order valence-electron chi connectivity index (χ3n) is 3.50. The molecule has 2 N–H and O–H groups in total. The standard InChI is InChI=1S/C17H29ClN4O/c1-6-19-16(22-12-14(23-5)17(2,3)4)20-10-9-13-7-8-15(18)21-11-13/h7-8,11,14H,6,9-10,12H2,1-5H3,(H2,19,20,22). The maximum atomic E-state index is 5.79. The van der Waals surface area contributed by atoms with Crippen molar-refractivity contribution in [3.05, 3.63) is 29.0 Å². The zero-order chi connectivity index (χ0) is 17.3. The average molecular weight is 341 g/mol. The predicted molar refractivity (Wildman–Crippen MR) is 97.2 cm³/mol. The SMILES string of the molecule is CCNC(=NCC(OC)C(C)(C)C)NCCc1ccc(Cl)nc1. The third kappa shape index (κ3) is 7.66. The first-order chi connectivity index (χ1) is 10.9. The van der Waals surface area contributed by atoms with E-state index in [0.29, 0.717) is 11.7 Å². The minimum absolute atomic E-state index is 0.0601. The minimum Gasteiger partial charge on any atom is -0.379 e. The molecule has 23 heavy (non-hydrogen) atoms. The van der Waals surface area contributed by atoms with E-state index in [1.165, 1.54) is 0 Å². The zero-order valence-electron chi connectivity index (χ0n) is 14.8. The first-order valence-electron chi connectivity index (χ1n) is 8.02. The van der Waals surface area contributed by atoms with Gasteiger partial charge in [-0.2, -0.15) is 0 Å². The van der Waals surface area contributed by atoms with Gasteiger partial charge in [-0.1, -0.05) is 38.4 Å². The second kappa shape index (κ2) is 9.73.